The third-order valence-corrected chi connectivity index (χ3v) is 2.20. The maximum absolute atomic E-state index is 10.8. The van der Waals surface area contributed by atoms with E-state index in [0.717, 1.165) is 6.42 Å². The monoisotopic (exact) mass is 141 g/mol. The van der Waals surface area contributed by atoms with Gasteiger partial charge in [-0.2, -0.15) is 0 Å². The van der Waals surface area contributed by atoms with Crippen LogP contribution in [-0.2, 0) is 4.79 Å². The third kappa shape index (κ3) is 1.49. The molecule has 2 nitrogen and oxygen atoms in total. The second-order valence-corrected chi connectivity index (χ2v) is 3.11. The molecule has 0 radical (unpaired) electrons. The Morgan fingerprint density at radius 3 is 2.80 bits per heavy atom. The molecule has 2 heteroatoms. The van der Waals surface area contributed by atoms with Crippen molar-refractivity contribution in [2.45, 2.75) is 39.2 Å². The molecule has 0 spiro atoms. The van der Waals surface area contributed by atoms with E-state index in [2.05, 4.69) is 19.2 Å². The Labute approximate surface area is 62.0 Å². The van der Waals surface area contributed by atoms with Gasteiger partial charge in [-0.1, -0.05) is 13.3 Å². The molecule has 1 saturated heterocycles. The largest absolute Gasteiger partial charge is 0.353 e. The fourth-order valence-corrected chi connectivity index (χ4v) is 1.57. The summed E-state index contributed by atoms with van der Waals surface area (Å²) in [6.45, 7) is 4.25. The molecule has 58 valence electrons. The molecule has 2 unspecified atom stereocenters. The van der Waals surface area contributed by atoms with E-state index in [1.807, 2.05) is 0 Å². The van der Waals surface area contributed by atoms with Gasteiger partial charge in [-0.25, -0.2) is 0 Å². The number of amides is 1. The number of nitrogens with one attached hydrogen (secondary N) is 1. The van der Waals surface area contributed by atoms with Crippen LogP contribution in [0.2, 0.25) is 0 Å². The average Bonchev–Trinajstić information content (AvgIpc) is 2.13. The van der Waals surface area contributed by atoms with E-state index in [1.54, 1.807) is 0 Å². The quantitative estimate of drug-likeness (QED) is 0.617. The maximum Gasteiger partial charge on any atom is 0.220 e. The molecule has 10 heavy (non-hydrogen) atoms. The summed E-state index contributed by atoms with van der Waals surface area (Å²) in [6.07, 6.45) is 3.11. The summed E-state index contributed by atoms with van der Waals surface area (Å²) in [4.78, 5) is 10.8. The smallest absolute Gasteiger partial charge is 0.220 e. The number of rotatable bonds is 2. The van der Waals surface area contributed by atoms with Crippen LogP contribution in [-0.4, -0.2) is 11.9 Å². The van der Waals surface area contributed by atoms with Gasteiger partial charge in [-0.05, 0) is 19.3 Å². The van der Waals surface area contributed by atoms with Crippen molar-refractivity contribution in [3.63, 3.8) is 0 Å². The van der Waals surface area contributed by atoms with Crippen molar-refractivity contribution in [2.24, 2.45) is 5.92 Å². The zero-order valence-electron chi connectivity index (χ0n) is 6.68. The summed E-state index contributed by atoms with van der Waals surface area (Å²) in [5, 5.41) is 2.91. The molecule has 1 aliphatic heterocycles. The number of hydrogen-bond acceptors (Lipinski definition) is 1. The van der Waals surface area contributed by atoms with E-state index in [-0.39, 0.29) is 5.91 Å². The number of hydrogen-bond donors (Lipinski definition) is 1. The second-order valence-electron chi connectivity index (χ2n) is 3.11. The van der Waals surface area contributed by atoms with Gasteiger partial charge in [0.05, 0.1) is 0 Å². The maximum atomic E-state index is 10.8. The van der Waals surface area contributed by atoms with Gasteiger partial charge in [0.25, 0.3) is 0 Å². The van der Waals surface area contributed by atoms with Crippen molar-refractivity contribution in [3.8, 4) is 0 Å². The van der Waals surface area contributed by atoms with Gasteiger partial charge in [-0.3, -0.25) is 4.79 Å². The van der Waals surface area contributed by atoms with E-state index >= 15 is 0 Å². The van der Waals surface area contributed by atoms with Crippen molar-refractivity contribution in [3.05, 3.63) is 0 Å². The van der Waals surface area contributed by atoms with Crippen LogP contribution in [0.1, 0.15) is 33.1 Å². The Bertz CT molecular complexity index is 133. The van der Waals surface area contributed by atoms with E-state index < -0.39 is 0 Å². The highest BCUT2D eigenvalue weighted by Crippen LogP contribution is 2.20. The zero-order chi connectivity index (χ0) is 7.56. The SMILES string of the molecule is CCCC1CC(=O)NC1C. The lowest BCUT2D eigenvalue weighted by Gasteiger charge is -2.11. The van der Waals surface area contributed by atoms with Crippen LogP contribution < -0.4 is 5.32 Å². The van der Waals surface area contributed by atoms with E-state index in [4.69, 9.17) is 0 Å². The summed E-state index contributed by atoms with van der Waals surface area (Å²) in [5.41, 5.74) is 0. The lowest BCUT2D eigenvalue weighted by molar-refractivity contribution is -0.119. The Hall–Kier alpha value is -0.530. The number of carbonyl (C=O) groups excluding carboxylic acids is 1. The first-order valence-electron chi connectivity index (χ1n) is 4.03. The molecule has 1 fully saturated rings. The average molecular weight is 141 g/mol. The van der Waals surface area contributed by atoms with Crippen LogP contribution in [0.25, 0.3) is 0 Å². The molecule has 1 amide bonds. The van der Waals surface area contributed by atoms with Crippen LogP contribution >= 0.6 is 0 Å². The fraction of sp³-hybridized carbons (Fsp3) is 0.875. The van der Waals surface area contributed by atoms with Gasteiger partial charge in [0, 0.05) is 12.5 Å². The lowest BCUT2D eigenvalue weighted by Crippen LogP contribution is -2.25. The predicted octanol–water partition coefficient (Wildman–Crippen LogP) is 1.31. The minimum atomic E-state index is 0.228. The van der Waals surface area contributed by atoms with Crippen molar-refractivity contribution in [1.82, 2.24) is 5.32 Å². The predicted molar refractivity (Wildman–Crippen MR) is 40.6 cm³/mol. The normalized spacial score (nSPS) is 32.4. The first-order valence-corrected chi connectivity index (χ1v) is 4.03. The summed E-state index contributed by atoms with van der Waals surface area (Å²) in [6, 6.07) is 0.410. The van der Waals surface area contributed by atoms with Gasteiger partial charge in [0.1, 0.15) is 0 Å². The molecule has 0 aromatic carbocycles. The Balaban J connectivity index is 2.38. The third-order valence-electron chi connectivity index (χ3n) is 2.20. The van der Waals surface area contributed by atoms with Crippen molar-refractivity contribution >= 4 is 5.91 Å². The molecule has 1 aliphatic rings. The molecule has 1 rings (SSSR count). The highest BCUT2D eigenvalue weighted by Gasteiger charge is 2.27. The van der Waals surface area contributed by atoms with Crippen LogP contribution in [0.5, 0.6) is 0 Å². The molecule has 0 aliphatic carbocycles. The van der Waals surface area contributed by atoms with E-state index in [1.165, 1.54) is 12.8 Å². The first kappa shape index (κ1) is 7.58. The van der Waals surface area contributed by atoms with Crippen molar-refractivity contribution < 1.29 is 4.79 Å². The van der Waals surface area contributed by atoms with Crippen LogP contribution in [0.15, 0.2) is 0 Å². The van der Waals surface area contributed by atoms with Crippen LogP contribution in [0.4, 0.5) is 0 Å². The fourth-order valence-electron chi connectivity index (χ4n) is 1.57. The molecule has 2 atom stereocenters. The Morgan fingerprint density at radius 2 is 2.40 bits per heavy atom. The molecule has 0 aromatic heterocycles. The summed E-state index contributed by atoms with van der Waals surface area (Å²) in [7, 11) is 0. The zero-order valence-corrected chi connectivity index (χ0v) is 6.68. The molecule has 0 bridgehead atoms. The minimum Gasteiger partial charge on any atom is -0.353 e. The molecule has 0 aromatic rings. The summed E-state index contributed by atoms with van der Waals surface area (Å²) >= 11 is 0. The number of carbonyl (C=O) groups is 1. The Kier molecular flexibility index (Phi) is 2.30. The standard InChI is InChI=1S/C8H15NO/c1-3-4-7-5-8(10)9-6(7)2/h6-7H,3-5H2,1-2H3,(H,9,10). The van der Waals surface area contributed by atoms with Crippen molar-refractivity contribution in [1.29, 1.82) is 0 Å². The van der Waals surface area contributed by atoms with Gasteiger partial charge in [0.2, 0.25) is 5.91 Å². The van der Waals surface area contributed by atoms with Gasteiger partial charge in [0.15, 0.2) is 0 Å². The van der Waals surface area contributed by atoms with E-state index in [0.29, 0.717) is 12.0 Å². The molecule has 1 heterocycles. The summed E-state index contributed by atoms with van der Waals surface area (Å²) < 4.78 is 0. The molecule has 1 N–H and O–H groups in total. The molecular formula is C8H15NO. The first-order chi connectivity index (χ1) is 4.74. The van der Waals surface area contributed by atoms with Gasteiger partial charge in [-0.15, -0.1) is 0 Å². The van der Waals surface area contributed by atoms with Crippen molar-refractivity contribution in [2.75, 3.05) is 0 Å². The van der Waals surface area contributed by atoms with Crippen LogP contribution in [0, 0.1) is 5.92 Å². The molecular weight excluding hydrogens is 126 g/mol. The van der Waals surface area contributed by atoms with E-state index in [9.17, 15) is 4.79 Å². The van der Waals surface area contributed by atoms with Crippen LogP contribution in [0.3, 0.4) is 0 Å². The highest BCUT2D eigenvalue weighted by molar-refractivity contribution is 5.78. The second kappa shape index (κ2) is 3.04. The lowest BCUT2D eigenvalue weighted by atomic mass is 9.97. The topological polar surface area (TPSA) is 29.1 Å². The highest BCUT2D eigenvalue weighted by atomic mass is 16.1. The van der Waals surface area contributed by atoms with Gasteiger partial charge >= 0.3 is 0 Å². The minimum absolute atomic E-state index is 0.228. The summed E-state index contributed by atoms with van der Waals surface area (Å²) in [5.74, 6) is 0.823. The Morgan fingerprint density at radius 1 is 1.70 bits per heavy atom. The van der Waals surface area contributed by atoms with Gasteiger partial charge < -0.3 is 5.32 Å². The molecule has 0 saturated carbocycles.